The van der Waals surface area contributed by atoms with Crippen LogP contribution in [-0.4, -0.2) is 10.2 Å². The Balaban J connectivity index is 1.84. The highest BCUT2D eigenvalue weighted by atomic mass is 16.3. The van der Waals surface area contributed by atoms with Crippen molar-refractivity contribution in [1.29, 1.82) is 0 Å². The third-order valence-electron chi connectivity index (χ3n) is 4.49. The summed E-state index contributed by atoms with van der Waals surface area (Å²) in [5.74, 6) is 1.26. The summed E-state index contributed by atoms with van der Waals surface area (Å²) in [7, 11) is 0. The van der Waals surface area contributed by atoms with Crippen molar-refractivity contribution >= 4 is 0 Å². The second-order valence-corrected chi connectivity index (χ2v) is 6.07. The van der Waals surface area contributed by atoms with Gasteiger partial charge >= 0.3 is 0 Å². The molecule has 0 aromatic heterocycles. The normalized spacial score (nSPS) is 16.0. The van der Waals surface area contributed by atoms with Gasteiger partial charge in [-0.3, -0.25) is 0 Å². The summed E-state index contributed by atoms with van der Waals surface area (Å²) in [5, 5.41) is 19.7. The molecule has 2 aromatic carbocycles. The van der Waals surface area contributed by atoms with E-state index in [-0.39, 0.29) is 5.75 Å². The molecule has 110 valence electrons. The monoisotopic (exact) mass is 282 g/mol. The van der Waals surface area contributed by atoms with Crippen molar-refractivity contribution < 1.29 is 10.2 Å². The molecule has 2 aromatic rings. The zero-order valence-corrected chi connectivity index (χ0v) is 12.3. The smallest absolute Gasteiger partial charge is 0.119 e. The van der Waals surface area contributed by atoms with Crippen LogP contribution in [0.25, 0.3) is 0 Å². The van der Waals surface area contributed by atoms with E-state index in [0.29, 0.717) is 18.1 Å². The van der Waals surface area contributed by atoms with Gasteiger partial charge in [-0.1, -0.05) is 43.5 Å². The molecule has 1 aliphatic carbocycles. The minimum absolute atomic E-state index is 0.274. The molecule has 2 N–H and O–H groups in total. The molecule has 0 heterocycles. The van der Waals surface area contributed by atoms with Crippen LogP contribution < -0.4 is 0 Å². The Morgan fingerprint density at radius 2 is 1.71 bits per heavy atom. The first kappa shape index (κ1) is 14.0. The van der Waals surface area contributed by atoms with E-state index >= 15 is 0 Å². The molecule has 21 heavy (non-hydrogen) atoms. The Morgan fingerprint density at radius 1 is 0.905 bits per heavy atom. The lowest BCUT2D eigenvalue weighted by Crippen LogP contribution is -2.05. The van der Waals surface area contributed by atoms with Crippen LogP contribution in [0.3, 0.4) is 0 Å². The summed E-state index contributed by atoms with van der Waals surface area (Å²) < 4.78 is 0. The van der Waals surface area contributed by atoms with Gasteiger partial charge in [0.2, 0.25) is 0 Å². The molecule has 1 aliphatic rings. The Labute approximate surface area is 126 Å². The third-order valence-corrected chi connectivity index (χ3v) is 4.49. The van der Waals surface area contributed by atoms with E-state index in [4.69, 9.17) is 0 Å². The lowest BCUT2D eigenvalue weighted by molar-refractivity contribution is 0.440. The van der Waals surface area contributed by atoms with Crippen LogP contribution >= 0.6 is 0 Å². The quantitative estimate of drug-likeness (QED) is 0.854. The molecule has 1 fully saturated rings. The molecular formula is C19H22O2. The Hall–Kier alpha value is -1.96. The number of hydrogen-bond acceptors (Lipinski definition) is 2. The van der Waals surface area contributed by atoms with Gasteiger partial charge in [0.25, 0.3) is 0 Å². The van der Waals surface area contributed by atoms with Crippen molar-refractivity contribution in [2.75, 3.05) is 0 Å². The zero-order chi connectivity index (χ0) is 14.7. The van der Waals surface area contributed by atoms with Crippen LogP contribution in [0.1, 0.15) is 54.7 Å². The molecule has 0 bridgehead atoms. The fourth-order valence-corrected chi connectivity index (χ4v) is 3.32. The van der Waals surface area contributed by atoms with Crippen molar-refractivity contribution in [3.63, 3.8) is 0 Å². The van der Waals surface area contributed by atoms with Gasteiger partial charge in [-0.15, -0.1) is 0 Å². The van der Waals surface area contributed by atoms with E-state index in [1.807, 2.05) is 18.2 Å². The van der Waals surface area contributed by atoms with Crippen molar-refractivity contribution in [1.82, 2.24) is 0 Å². The minimum atomic E-state index is 0.274. The number of aromatic hydroxyl groups is 2. The molecule has 0 radical (unpaired) electrons. The molecule has 3 rings (SSSR count). The molecule has 0 atom stereocenters. The highest BCUT2D eigenvalue weighted by Crippen LogP contribution is 2.35. The Bertz CT molecular complexity index is 613. The summed E-state index contributed by atoms with van der Waals surface area (Å²) in [4.78, 5) is 0. The average molecular weight is 282 g/mol. The Kier molecular flexibility index (Phi) is 4.14. The maximum atomic E-state index is 10.1. The topological polar surface area (TPSA) is 40.5 Å². The SMILES string of the molecule is Oc1cccc(Cc2cc(C3CCCCC3)ccc2O)c1. The molecule has 0 spiro atoms. The van der Waals surface area contributed by atoms with Crippen molar-refractivity contribution in [3.8, 4) is 11.5 Å². The van der Waals surface area contributed by atoms with E-state index in [2.05, 4.69) is 12.1 Å². The maximum Gasteiger partial charge on any atom is 0.119 e. The highest BCUT2D eigenvalue weighted by Gasteiger charge is 2.16. The van der Waals surface area contributed by atoms with Crippen LogP contribution in [0, 0.1) is 0 Å². The highest BCUT2D eigenvalue weighted by molar-refractivity contribution is 5.41. The largest absolute Gasteiger partial charge is 0.508 e. The van der Waals surface area contributed by atoms with Gasteiger partial charge in [0.15, 0.2) is 0 Å². The number of phenolic OH excluding ortho intramolecular Hbond substituents is 2. The van der Waals surface area contributed by atoms with Gasteiger partial charge in [-0.2, -0.15) is 0 Å². The van der Waals surface area contributed by atoms with E-state index in [9.17, 15) is 10.2 Å². The summed E-state index contributed by atoms with van der Waals surface area (Å²) >= 11 is 0. The molecular weight excluding hydrogens is 260 g/mol. The molecule has 0 aliphatic heterocycles. The number of benzene rings is 2. The first-order chi connectivity index (χ1) is 10.2. The zero-order valence-electron chi connectivity index (χ0n) is 12.3. The average Bonchev–Trinajstić information content (AvgIpc) is 2.50. The van der Waals surface area contributed by atoms with Gasteiger partial charge in [0.05, 0.1) is 0 Å². The Morgan fingerprint density at radius 3 is 2.48 bits per heavy atom. The summed E-state index contributed by atoms with van der Waals surface area (Å²) in [6, 6.07) is 13.3. The van der Waals surface area contributed by atoms with Crippen molar-refractivity contribution in [2.45, 2.75) is 44.4 Å². The van der Waals surface area contributed by atoms with Gasteiger partial charge in [0.1, 0.15) is 11.5 Å². The fraction of sp³-hybridized carbons (Fsp3) is 0.368. The van der Waals surface area contributed by atoms with E-state index in [0.717, 1.165) is 11.1 Å². The van der Waals surface area contributed by atoms with Gasteiger partial charge in [0, 0.05) is 6.42 Å². The predicted molar refractivity (Wildman–Crippen MR) is 84.8 cm³/mol. The van der Waals surface area contributed by atoms with Crippen molar-refractivity contribution in [3.05, 3.63) is 59.2 Å². The summed E-state index contributed by atoms with van der Waals surface area (Å²) in [6.07, 6.45) is 7.15. The summed E-state index contributed by atoms with van der Waals surface area (Å²) in [6.45, 7) is 0. The minimum Gasteiger partial charge on any atom is -0.508 e. The number of hydrogen-bond donors (Lipinski definition) is 2. The van der Waals surface area contributed by atoms with Crippen molar-refractivity contribution in [2.24, 2.45) is 0 Å². The lowest BCUT2D eigenvalue weighted by Gasteiger charge is -2.22. The van der Waals surface area contributed by atoms with Gasteiger partial charge in [-0.05, 0) is 53.6 Å². The first-order valence-electron chi connectivity index (χ1n) is 7.82. The predicted octanol–water partition coefficient (Wildman–Crippen LogP) is 4.74. The van der Waals surface area contributed by atoms with Gasteiger partial charge in [-0.25, -0.2) is 0 Å². The standard InChI is InChI=1S/C19H22O2/c20-18-8-4-5-14(12-18)11-17-13-16(9-10-19(17)21)15-6-2-1-3-7-15/h4-5,8-10,12-13,15,20-21H,1-3,6-7,11H2. The molecule has 2 heteroatoms. The molecule has 0 amide bonds. The molecule has 1 saturated carbocycles. The van der Waals surface area contributed by atoms with Crippen LogP contribution in [0.4, 0.5) is 0 Å². The van der Waals surface area contributed by atoms with Crippen LogP contribution in [-0.2, 0) is 6.42 Å². The number of rotatable bonds is 3. The number of phenols is 2. The van der Waals surface area contributed by atoms with Crippen LogP contribution in [0.2, 0.25) is 0 Å². The fourth-order valence-electron chi connectivity index (χ4n) is 3.32. The lowest BCUT2D eigenvalue weighted by atomic mass is 9.83. The van der Waals surface area contributed by atoms with Crippen LogP contribution in [0.5, 0.6) is 11.5 Å². The second kappa shape index (κ2) is 6.21. The molecule has 0 saturated heterocycles. The molecule has 0 unspecified atom stereocenters. The van der Waals surface area contributed by atoms with E-state index in [1.165, 1.54) is 37.7 Å². The second-order valence-electron chi connectivity index (χ2n) is 6.07. The summed E-state index contributed by atoms with van der Waals surface area (Å²) in [5.41, 5.74) is 3.32. The maximum absolute atomic E-state index is 10.1. The third kappa shape index (κ3) is 3.38. The van der Waals surface area contributed by atoms with Crippen LogP contribution in [0.15, 0.2) is 42.5 Å². The van der Waals surface area contributed by atoms with E-state index < -0.39 is 0 Å². The molecule has 2 nitrogen and oxygen atoms in total. The first-order valence-corrected chi connectivity index (χ1v) is 7.82. The van der Waals surface area contributed by atoms with E-state index in [1.54, 1.807) is 12.1 Å². The van der Waals surface area contributed by atoms with Gasteiger partial charge < -0.3 is 10.2 Å².